The van der Waals surface area contributed by atoms with E-state index in [2.05, 4.69) is 5.32 Å². The molecular formula is C9H17NO3S. The van der Waals surface area contributed by atoms with E-state index in [1.54, 1.807) is 25.7 Å². The third-order valence-electron chi connectivity index (χ3n) is 1.76. The van der Waals surface area contributed by atoms with E-state index in [-0.39, 0.29) is 11.8 Å². The number of amides is 1. The van der Waals surface area contributed by atoms with Crippen LogP contribution in [0.4, 0.5) is 0 Å². The molecule has 1 unspecified atom stereocenters. The number of carbonyl (C=O) groups excluding carboxylic acids is 1. The first-order valence-electron chi connectivity index (χ1n) is 4.59. The minimum atomic E-state index is -0.760. The Labute approximate surface area is 88.4 Å². The summed E-state index contributed by atoms with van der Waals surface area (Å²) in [6.07, 6.45) is 1.32. The maximum absolute atomic E-state index is 10.8. The molecule has 0 rings (SSSR count). The molecule has 4 nitrogen and oxygen atoms in total. The van der Waals surface area contributed by atoms with Gasteiger partial charge in [0, 0.05) is 19.2 Å². The van der Waals surface area contributed by atoms with Gasteiger partial charge < -0.3 is 10.4 Å². The van der Waals surface area contributed by atoms with Gasteiger partial charge in [-0.3, -0.25) is 9.59 Å². The van der Waals surface area contributed by atoms with Gasteiger partial charge in [-0.25, -0.2) is 0 Å². The van der Waals surface area contributed by atoms with Crippen molar-refractivity contribution < 1.29 is 14.7 Å². The van der Waals surface area contributed by atoms with Crippen LogP contribution >= 0.6 is 11.8 Å². The normalized spacial score (nSPS) is 12.1. The average Bonchev–Trinajstić information content (AvgIpc) is 2.16. The summed E-state index contributed by atoms with van der Waals surface area (Å²) in [5.41, 5.74) is 0. The van der Waals surface area contributed by atoms with Gasteiger partial charge in [-0.1, -0.05) is 6.92 Å². The highest BCUT2D eigenvalue weighted by atomic mass is 32.2. The topological polar surface area (TPSA) is 66.4 Å². The third-order valence-corrected chi connectivity index (χ3v) is 3.07. The fraction of sp³-hybridized carbons (Fsp3) is 0.778. The second-order valence-electron chi connectivity index (χ2n) is 3.09. The number of hydrogen-bond acceptors (Lipinski definition) is 3. The molecule has 2 N–H and O–H groups in total. The van der Waals surface area contributed by atoms with Gasteiger partial charge in [0.25, 0.3) is 0 Å². The number of nitrogens with one attached hydrogen (secondary N) is 1. The van der Waals surface area contributed by atoms with E-state index < -0.39 is 5.97 Å². The Hall–Kier alpha value is -0.710. The molecule has 5 heteroatoms. The lowest BCUT2D eigenvalue weighted by atomic mass is 10.2. The Bertz CT molecular complexity index is 196. The number of hydrogen-bond donors (Lipinski definition) is 2. The molecule has 0 aromatic heterocycles. The van der Waals surface area contributed by atoms with E-state index in [1.807, 2.05) is 0 Å². The molecule has 0 aliphatic heterocycles. The van der Waals surface area contributed by atoms with Gasteiger partial charge in [-0.05, 0) is 12.2 Å². The molecule has 0 aromatic rings. The van der Waals surface area contributed by atoms with Gasteiger partial charge in [0.1, 0.15) is 0 Å². The van der Waals surface area contributed by atoms with Crippen molar-refractivity contribution >= 4 is 23.6 Å². The molecule has 1 atom stereocenters. The van der Waals surface area contributed by atoms with E-state index >= 15 is 0 Å². The zero-order valence-corrected chi connectivity index (χ0v) is 9.39. The van der Waals surface area contributed by atoms with Crippen molar-refractivity contribution in [3.05, 3.63) is 0 Å². The summed E-state index contributed by atoms with van der Waals surface area (Å²) >= 11 is 1.58. The molecule has 0 aromatic carbocycles. The fourth-order valence-corrected chi connectivity index (χ4v) is 1.80. The summed E-state index contributed by atoms with van der Waals surface area (Å²) in [5.74, 6) is 0.425. The number of carbonyl (C=O) groups is 2. The molecule has 0 aliphatic rings. The molecule has 1 amide bonds. The van der Waals surface area contributed by atoms with Crippen molar-refractivity contribution in [1.82, 2.24) is 5.32 Å². The molecule has 0 spiro atoms. The van der Waals surface area contributed by atoms with Crippen LogP contribution in [0.1, 0.15) is 19.8 Å². The largest absolute Gasteiger partial charge is 0.481 e. The van der Waals surface area contributed by atoms with Crippen LogP contribution in [0, 0.1) is 5.92 Å². The minimum Gasteiger partial charge on any atom is -0.481 e. The Kier molecular flexibility index (Phi) is 7.28. The second kappa shape index (κ2) is 7.67. The van der Waals surface area contributed by atoms with Gasteiger partial charge in [-0.15, -0.1) is 0 Å². The zero-order chi connectivity index (χ0) is 11.0. The number of carboxylic acids is 1. The predicted octanol–water partition coefficient (Wildman–Crippen LogP) is 0.966. The van der Waals surface area contributed by atoms with Gasteiger partial charge in [0.05, 0.1) is 5.92 Å². The van der Waals surface area contributed by atoms with Crippen molar-refractivity contribution in [2.45, 2.75) is 19.8 Å². The van der Waals surface area contributed by atoms with Crippen LogP contribution in [-0.4, -0.2) is 35.5 Å². The quantitative estimate of drug-likeness (QED) is 0.626. The van der Waals surface area contributed by atoms with Gasteiger partial charge >= 0.3 is 5.97 Å². The maximum Gasteiger partial charge on any atom is 0.307 e. The summed E-state index contributed by atoms with van der Waals surface area (Å²) < 4.78 is 0. The first kappa shape index (κ1) is 13.3. The van der Waals surface area contributed by atoms with Crippen LogP contribution in [0.2, 0.25) is 0 Å². The lowest BCUT2D eigenvalue weighted by Gasteiger charge is -2.05. The Morgan fingerprint density at radius 2 is 2.14 bits per heavy atom. The molecule has 0 saturated carbocycles. The Balaban J connectivity index is 3.30. The van der Waals surface area contributed by atoms with Crippen LogP contribution in [0.3, 0.4) is 0 Å². The highest BCUT2D eigenvalue weighted by molar-refractivity contribution is 7.99. The van der Waals surface area contributed by atoms with E-state index in [1.165, 1.54) is 0 Å². The van der Waals surface area contributed by atoms with Gasteiger partial charge in [0.15, 0.2) is 0 Å². The van der Waals surface area contributed by atoms with Crippen LogP contribution < -0.4 is 5.32 Å². The van der Waals surface area contributed by atoms with Crippen LogP contribution in [0.5, 0.6) is 0 Å². The third kappa shape index (κ3) is 6.77. The molecule has 14 heavy (non-hydrogen) atoms. The first-order chi connectivity index (χ1) is 6.57. The maximum atomic E-state index is 10.8. The molecular weight excluding hydrogens is 202 g/mol. The van der Waals surface area contributed by atoms with Crippen molar-refractivity contribution in [3.63, 3.8) is 0 Å². The van der Waals surface area contributed by atoms with E-state index in [9.17, 15) is 9.59 Å². The fourth-order valence-electron chi connectivity index (χ4n) is 0.791. The Morgan fingerprint density at radius 3 is 2.64 bits per heavy atom. The first-order valence-corrected chi connectivity index (χ1v) is 5.74. The second-order valence-corrected chi connectivity index (χ2v) is 4.24. The van der Waals surface area contributed by atoms with E-state index in [0.717, 1.165) is 12.2 Å². The summed E-state index contributed by atoms with van der Waals surface area (Å²) in [6.45, 7) is 1.69. The van der Waals surface area contributed by atoms with Crippen LogP contribution in [0.25, 0.3) is 0 Å². The van der Waals surface area contributed by atoms with Crippen LogP contribution in [-0.2, 0) is 9.59 Å². The summed E-state index contributed by atoms with van der Waals surface area (Å²) in [7, 11) is 1.61. The monoisotopic (exact) mass is 219 g/mol. The SMILES string of the molecule is CNC(=O)CCCSCC(C)C(=O)O. The number of rotatable bonds is 7. The zero-order valence-electron chi connectivity index (χ0n) is 8.58. The van der Waals surface area contributed by atoms with E-state index in [0.29, 0.717) is 12.2 Å². The lowest BCUT2D eigenvalue weighted by Crippen LogP contribution is -2.17. The van der Waals surface area contributed by atoms with Crippen molar-refractivity contribution in [3.8, 4) is 0 Å². The standard InChI is InChI=1S/C9H17NO3S/c1-7(9(12)13)6-14-5-3-4-8(11)10-2/h7H,3-6H2,1-2H3,(H,10,11)(H,12,13). The number of thioether (sulfide) groups is 1. The predicted molar refractivity (Wildman–Crippen MR) is 57.4 cm³/mol. The summed E-state index contributed by atoms with van der Waals surface area (Å²) in [4.78, 5) is 21.2. The summed E-state index contributed by atoms with van der Waals surface area (Å²) in [5, 5.41) is 11.1. The highest BCUT2D eigenvalue weighted by Gasteiger charge is 2.09. The van der Waals surface area contributed by atoms with Crippen molar-refractivity contribution in [1.29, 1.82) is 0 Å². The minimum absolute atomic E-state index is 0.0388. The molecule has 0 bridgehead atoms. The molecule has 0 heterocycles. The lowest BCUT2D eigenvalue weighted by molar-refractivity contribution is -0.140. The average molecular weight is 219 g/mol. The number of carboxylic acid groups (broad SMARTS) is 1. The highest BCUT2D eigenvalue weighted by Crippen LogP contribution is 2.10. The van der Waals surface area contributed by atoms with Gasteiger partial charge in [0.2, 0.25) is 5.91 Å². The van der Waals surface area contributed by atoms with Crippen molar-refractivity contribution in [2.24, 2.45) is 5.92 Å². The van der Waals surface area contributed by atoms with Crippen molar-refractivity contribution in [2.75, 3.05) is 18.6 Å². The molecule has 0 fully saturated rings. The molecule has 82 valence electrons. The molecule has 0 saturated heterocycles. The van der Waals surface area contributed by atoms with Gasteiger partial charge in [-0.2, -0.15) is 11.8 Å². The molecule has 0 aliphatic carbocycles. The number of aliphatic carboxylic acids is 1. The molecule has 0 radical (unpaired) electrons. The summed E-state index contributed by atoms with van der Waals surface area (Å²) in [6, 6.07) is 0. The Morgan fingerprint density at radius 1 is 1.50 bits per heavy atom. The van der Waals surface area contributed by atoms with Crippen LogP contribution in [0.15, 0.2) is 0 Å². The smallest absolute Gasteiger partial charge is 0.307 e. The van der Waals surface area contributed by atoms with E-state index in [4.69, 9.17) is 5.11 Å².